The van der Waals surface area contributed by atoms with Crippen molar-refractivity contribution in [2.75, 3.05) is 49.1 Å². The molecule has 2 aromatic heterocycles. The van der Waals surface area contributed by atoms with E-state index in [1.54, 1.807) is 0 Å². The van der Waals surface area contributed by atoms with Gasteiger partial charge in [-0.3, -0.25) is 0 Å². The molecule has 4 aromatic carbocycles. The van der Waals surface area contributed by atoms with E-state index < -0.39 is 0 Å². The molecule has 4 heterocycles. The highest BCUT2D eigenvalue weighted by atomic mass is 15.3. The number of anilines is 2. The molecular formula is C40H44N8. The minimum atomic E-state index is 0.669. The molecule has 2 atom stereocenters. The lowest BCUT2D eigenvalue weighted by atomic mass is 10.1. The molecule has 8 rings (SSSR count). The molecule has 6 aromatic rings. The van der Waals surface area contributed by atoms with Crippen molar-refractivity contribution >= 4 is 33.4 Å². The third-order valence-electron chi connectivity index (χ3n) is 9.66. The van der Waals surface area contributed by atoms with Gasteiger partial charge in [-0.1, -0.05) is 72.8 Å². The van der Waals surface area contributed by atoms with Crippen molar-refractivity contribution in [2.45, 2.75) is 25.7 Å². The first-order chi connectivity index (χ1) is 23.7. The van der Waals surface area contributed by atoms with Crippen LogP contribution in [0.5, 0.6) is 0 Å². The third-order valence-corrected chi connectivity index (χ3v) is 9.66. The molecular weight excluding hydrogens is 592 g/mol. The average Bonchev–Trinajstić information content (AvgIpc) is 3.82. The Morgan fingerprint density at radius 2 is 0.979 bits per heavy atom. The van der Waals surface area contributed by atoms with Crippen LogP contribution in [0.3, 0.4) is 0 Å². The average molecular weight is 637 g/mol. The minimum absolute atomic E-state index is 0.669. The van der Waals surface area contributed by atoms with Crippen LogP contribution in [0.4, 0.5) is 11.9 Å². The smallest absolute Gasteiger partial charge is 0.225 e. The maximum absolute atomic E-state index is 5.69. The molecule has 0 bridgehead atoms. The van der Waals surface area contributed by atoms with Gasteiger partial charge >= 0.3 is 0 Å². The van der Waals surface area contributed by atoms with Crippen molar-refractivity contribution in [3.05, 3.63) is 109 Å². The number of fused-ring (bicyclic) bond motifs is 2. The van der Waals surface area contributed by atoms with Gasteiger partial charge in [0.25, 0.3) is 0 Å². The Hall–Kier alpha value is -4.92. The first-order valence-electron chi connectivity index (χ1n) is 17.2. The minimum Gasteiger partial charge on any atom is -0.341 e. The second-order valence-corrected chi connectivity index (χ2v) is 13.0. The molecule has 2 fully saturated rings. The molecule has 0 radical (unpaired) electrons. The van der Waals surface area contributed by atoms with Crippen molar-refractivity contribution in [1.82, 2.24) is 19.9 Å². The Morgan fingerprint density at radius 3 is 1.42 bits per heavy atom. The topological polar surface area (TPSA) is 110 Å². The van der Waals surface area contributed by atoms with Crippen LogP contribution in [0.25, 0.3) is 44.1 Å². The lowest BCUT2D eigenvalue weighted by molar-refractivity contribution is 0.545. The molecule has 244 valence electrons. The molecule has 0 amide bonds. The lowest BCUT2D eigenvalue weighted by Crippen LogP contribution is -2.22. The van der Waals surface area contributed by atoms with Crippen LogP contribution in [0.15, 0.2) is 109 Å². The van der Waals surface area contributed by atoms with Crippen molar-refractivity contribution in [1.29, 1.82) is 0 Å². The molecule has 2 saturated heterocycles. The van der Waals surface area contributed by atoms with Gasteiger partial charge in [-0.25, -0.2) is 19.9 Å². The van der Waals surface area contributed by atoms with Crippen molar-refractivity contribution in [3.8, 4) is 22.5 Å². The summed E-state index contributed by atoms with van der Waals surface area (Å²) in [5, 5.41) is 4.97. The normalized spacial score (nSPS) is 17.5. The fourth-order valence-electron chi connectivity index (χ4n) is 6.99. The van der Waals surface area contributed by atoms with Gasteiger partial charge in [-0.15, -0.1) is 0 Å². The van der Waals surface area contributed by atoms with Crippen LogP contribution in [0.1, 0.15) is 25.7 Å². The summed E-state index contributed by atoms with van der Waals surface area (Å²) in [5.41, 5.74) is 15.6. The summed E-state index contributed by atoms with van der Waals surface area (Å²) in [6.07, 6.45) is 8.26. The Bertz CT molecular complexity index is 1830. The molecule has 8 nitrogen and oxygen atoms in total. The van der Waals surface area contributed by atoms with Gasteiger partial charge in [-0.2, -0.15) is 0 Å². The van der Waals surface area contributed by atoms with Gasteiger partial charge in [0.05, 0.1) is 11.4 Å². The van der Waals surface area contributed by atoms with Gasteiger partial charge in [0.15, 0.2) is 0 Å². The van der Waals surface area contributed by atoms with Crippen LogP contribution in [0, 0.1) is 11.8 Å². The maximum Gasteiger partial charge on any atom is 0.225 e. The van der Waals surface area contributed by atoms with E-state index >= 15 is 0 Å². The first-order valence-corrected chi connectivity index (χ1v) is 17.2. The van der Waals surface area contributed by atoms with E-state index in [-0.39, 0.29) is 0 Å². The van der Waals surface area contributed by atoms with Gasteiger partial charge in [0.2, 0.25) is 11.9 Å². The molecule has 4 N–H and O–H groups in total. The van der Waals surface area contributed by atoms with E-state index in [1.807, 2.05) is 24.5 Å². The predicted molar refractivity (Wildman–Crippen MR) is 198 cm³/mol. The second kappa shape index (κ2) is 14.9. The van der Waals surface area contributed by atoms with Gasteiger partial charge in [0, 0.05) is 49.7 Å². The maximum atomic E-state index is 5.69. The monoisotopic (exact) mass is 636 g/mol. The largest absolute Gasteiger partial charge is 0.341 e. The van der Waals surface area contributed by atoms with Gasteiger partial charge in [-0.05, 0) is 96.4 Å². The fourth-order valence-corrected chi connectivity index (χ4v) is 6.99. The van der Waals surface area contributed by atoms with E-state index in [4.69, 9.17) is 21.4 Å². The first kappa shape index (κ1) is 31.7. The van der Waals surface area contributed by atoms with Gasteiger partial charge in [0.1, 0.15) is 0 Å². The van der Waals surface area contributed by atoms with Crippen LogP contribution < -0.4 is 21.3 Å². The predicted octanol–water partition coefficient (Wildman–Crippen LogP) is 6.94. The Kier molecular flexibility index (Phi) is 9.82. The number of benzene rings is 4. The molecule has 2 aliphatic heterocycles. The van der Waals surface area contributed by atoms with Crippen LogP contribution in [0.2, 0.25) is 0 Å². The molecule has 2 unspecified atom stereocenters. The Morgan fingerprint density at radius 1 is 0.542 bits per heavy atom. The number of hydrogen-bond acceptors (Lipinski definition) is 8. The highest BCUT2D eigenvalue weighted by Gasteiger charge is 2.25. The van der Waals surface area contributed by atoms with Gasteiger partial charge < -0.3 is 21.3 Å². The number of aromatic nitrogens is 4. The molecule has 0 aliphatic carbocycles. The third kappa shape index (κ3) is 7.30. The SMILES string of the molecule is NCCC1CCN(c2nccc(-c3ccc4ccccc4c3)n2)C1.NCCC1CCN(c2nccc(-c3ccc4ccccc4c3)n2)C1. The lowest BCUT2D eigenvalue weighted by Gasteiger charge is -2.17. The fraction of sp³-hybridized carbons (Fsp3) is 0.300. The van der Waals surface area contributed by atoms with E-state index in [0.29, 0.717) is 11.8 Å². The molecule has 48 heavy (non-hydrogen) atoms. The van der Waals surface area contributed by atoms with Crippen LogP contribution in [-0.4, -0.2) is 59.2 Å². The summed E-state index contributed by atoms with van der Waals surface area (Å²) in [6, 6.07) is 33.7. The zero-order valence-electron chi connectivity index (χ0n) is 27.5. The van der Waals surface area contributed by atoms with E-state index in [9.17, 15) is 0 Å². The number of hydrogen-bond donors (Lipinski definition) is 2. The van der Waals surface area contributed by atoms with E-state index in [2.05, 4.69) is 105 Å². The highest BCUT2D eigenvalue weighted by molar-refractivity contribution is 5.87. The van der Waals surface area contributed by atoms with E-state index in [1.165, 1.54) is 34.4 Å². The summed E-state index contributed by atoms with van der Waals surface area (Å²) in [7, 11) is 0. The number of rotatable bonds is 8. The van der Waals surface area contributed by atoms with E-state index in [0.717, 1.165) is 86.5 Å². The number of nitrogens with two attached hydrogens (primary N) is 2. The Balaban J connectivity index is 0.000000152. The second-order valence-electron chi connectivity index (χ2n) is 13.0. The summed E-state index contributed by atoms with van der Waals surface area (Å²) in [6.45, 7) is 5.58. The van der Waals surface area contributed by atoms with Crippen molar-refractivity contribution in [3.63, 3.8) is 0 Å². The molecule has 0 saturated carbocycles. The summed E-state index contributed by atoms with van der Waals surface area (Å²) in [4.78, 5) is 23.2. The van der Waals surface area contributed by atoms with Crippen LogP contribution in [-0.2, 0) is 0 Å². The zero-order chi connectivity index (χ0) is 32.7. The quantitative estimate of drug-likeness (QED) is 0.185. The molecule has 8 heteroatoms. The van der Waals surface area contributed by atoms with Crippen LogP contribution >= 0.6 is 0 Å². The Labute approximate surface area is 282 Å². The highest BCUT2D eigenvalue weighted by Crippen LogP contribution is 2.28. The summed E-state index contributed by atoms with van der Waals surface area (Å²) >= 11 is 0. The summed E-state index contributed by atoms with van der Waals surface area (Å²) in [5.74, 6) is 3.01. The molecule has 2 aliphatic rings. The summed E-state index contributed by atoms with van der Waals surface area (Å²) < 4.78 is 0. The molecule has 0 spiro atoms. The number of nitrogens with zero attached hydrogens (tertiary/aromatic N) is 6. The zero-order valence-corrected chi connectivity index (χ0v) is 27.5. The van der Waals surface area contributed by atoms with Crippen molar-refractivity contribution < 1.29 is 0 Å². The standard InChI is InChI=1S/2C20H22N4/c2*21-10-7-15-9-12-24(14-15)20-22-11-8-19(23-20)18-6-5-16-3-1-2-4-17(16)13-18/h2*1-6,8,11,13,15H,7,9-10,12,14,21H2. The van der Waals surface area contributed by atoms with Crippen molar-refractivity contribution in [2.24, 2.45) is 23.3 Å².